The van der Waals surface area contributed by atoms with Crippen molar-refractivity contribution in [2.75, 3.05) is 31.3 Å². The van der Waals surface area contributed by atoms with Crippen molar-refractivity contribution in [2.24, 2.45) is 10.7 Å². The lowest BCUT2D eigenvalue weighted by molar-refractivity contribution is -0.131. The highest BCUT2D eigenvalue weighted by molar-refractivity contribution is 6.00. The molecule has 0 aromatic heterocycles. The normalized spacial score (nSPS) is 11.9. The number of benzene rings is 2. The number of likely N-dealkylation sites (N-methyl/N-ethyl adjacent to an activating group) is 1. The number of carbonyl (C=O) groups is 1. The number of anilines is 3. The number of amides is 1. The maximum absolute atomic E-state index is 14.6. The van der Waals surface area contributed by atoms with Crippen molar-refractivity contribution in [3.63, 3.8) is 0 Å². The Morgan fingerprint density at radius 3 is 2.30 bits per heavy atom. The molecule has 0 aliphatic rings. The molecule has 2 aromatic carbocycles. The Kier molecular flexibility index (Phi) is 6.96. The van der Waals surface area contributed by atoms with Gasteiger partial charge >= 0.3 is 0 Å². The highest BCUT2D eigenvalue weighted by atomic mass is 19.1. The summed E-state index contributed by atoms with van der Waals surface area (Å²) in [5.74, 6) is -2.40. The van der Waals surface area contributed by atoms with Gasteiger partial charge in [-0.2, -0.15) is 0 Å². The van der Waals surface area contributed by atoms with Crippen LogP contribution < -0.4 is 16.4 Å². The molecule has 0 heterocycles. The van der Waals surface area contributed by atoms with Crippen molar-refractivity contribution in [1.82, 2.24) is 4.90 Å². The largest absolute Gasteiger partial charge is 0.386 e. The van der Waals surface area contributed by atoms with Crippen LogP contribution in [0.5, 0.6) is 0 Å². The molecule has 1 amide bonds. The van der Waals surface area contributed by atoms with Crippen LogP contribution >= 0.6 is 0 Å². The molecule has 6 nitrogen and oxygen atoms in total. The second-order valence-electron chi connectivity index (χ2n) is 7.20. The van der Waals surface area contributed by atoms with Gasteiger partial charge in [-0.1, -0.05) is 0 Å². The number of carbonyl (C=O) groups excluding carboxylic acids is 1. The molecule has 0 saturated heterocycles. The van der Waals surface area contributed by atoms with Crippen molar-refractivity contribution in [1.29, 1.82) is 0 Å². The third-order valence-electron chi connectivity index (χ3n) is 4.75. The van der Waals surface area contributed by atoms with Gasteiger partial charge in [0.1, 0.15) is 17.5 Å². The van der Waals surface area contributed by atoms with Crippen molar-refractivity contribution >= 4 is 28.9 Å². The Morgan fingerprint density at radius 2 is 1.70 bits per heavy atom. The van der Waals surface area contributed by atoms with E-state index in [1.165, 1.54) is 26.2 Å². The summed E-state index contributed by atoms with van der Waals surface area (Å²) in [6, 6.07) is 5.93. The van der Waals surface area contributed by atoms with Gasteiger partial charge in [0.15, 0.2) is 5.96 Å². The van der Waals surface area contributed by atoms with Crippen molar-refractivity contribution in [2.45, 2.75) is 26.2 Å². The van der Waals surface area contributed by atoms with E-state index in [-0.39, 0.29) is 22.9 Å². The van der Waals surface area contributed by atoms with Crippen molar-refractivity contribution in [3.8, 4) is 0 Å². The SMILES string of the molecule is CCN=C(N)N(C)C(=O)C(C)(C)c1cc(Nc2cc(F)c(NC)cc2F)ccc1F. The minimum Gasteiger partial charge on any atom is -0.386 e. The predicted molar refractivity (Wildman–Crippen MR) is 114 cm³/mol. The van der Waals surface area contributed by atoms with Gasteiger partial charge in [0.25, 0.3) is 0 Å². The maximum atomic E-state index is 14.6. The Bertz CT molecular complexity index is 975. The van der Waals surface area contributed by atoms with Gasteiger partial charge in [0.05, 0.1) is 16.8 Å². The molecule has 2 aromatic rings. The fraction of sp³-hybridized carbons (Fsp3) is 0.333. The van der Waals surface area contributed by atoms with Crippen LogP contribution in [0.3, 0.4) is 0 Å². The first-order valence-electron chi connectivity index (χ1n) is 9.34. The standard InChI is InChI=1S/C21H26F3N5O/c1-6-27-20(25)29(5)19(30)21(2,3)13-9-12(7-8-14(13)22)28-18-11-15(23)17(26-4)10-16(18)24/h7-11,26,28H,6H2,1-5H3,(H2,25,27). The van der Waals surface area contributed by atoms with E-state index < -0.39 is 28.8 Å². The number of nitrogens with one attached hydrogen (secondary N) is 2. The summed E-state index contributed by atoms with van der Waals surface area (Å²) in [7, 11) is 2.94. The Morgan fingerprint density at radius 1 is 1.10 bits per heavy atom. The summed E-state index contributed by atoms with van der Waals surface area (Å²) in [6.07, 6.45) is 0. The predicted octanol–water partition coefficient (Wildman–Crippen LogP) is 3.96. The number of hydrogen-bond acceptors (Lipinski definition) is 4. The molecular weight excluding hydrogens is 395 g/mol. The lowest BCUT2D eigenvalue weighted by atomic mass is 9.82. The zero-order chi connectivity index (χ0) is 22.6. The fourth-order valence-electron chi connectivity index (χ4n) is 2.98. The van der Waals surface area contributed by atoms with Crippen LogP contribution in [0.15, 0.2) is 35.3 Å². The molecular formula is C21H26F3N5O. The number of rotatable bonds is 6. The summed E-state index contributed by atoms with van der Waals surface area (Å²) < 4.78 is 42.9. The maximum Gasteiger partial charge on any atom is 0.239 e. The van der Waals surface area contributed by atoms with Crippen molar-refractivity contribution < 1.29 is 18.0 Å². The Hall–Kier alpha value is -3.23. The number of hydrogen-bond donors (Lipinski definition) is 3. The summed E-state index contributed by atoms with van der Waals surface area (Å²) in [5.41, 5.74) is 4.75. The second-order valence-corrected chi connectivity index (χ2v) is 7.20. The highest BCUT2D eigenvalue weighted by Crippen LogP contribution is 2.32. The van der Waals surface area contributed by atoms with Gasteiger partial charge < -0.3 is 16.4 Å². The van der Waals surface area contributed by atoms with Gasteiger partial charge in [-0.3, -0.25) is 14.7 Å². The monoisotopic (exact) mass is 421 g/mol. The van der Waals surface area contributed by atoms with Crippen LogP contribution in [0, 0.1) is 17.5 Å². The first-order valence-corrected chi connectivity index (χ1v) is 9.34. The Balaban J connectivity index is 2.40. The van der Waals surface area contributed by atoms with Crippen LogP contribution in [0.4, 0.5) is 30.2 Å². The second kappa shape index (κ2) is 9.06. The van der Waals surface area contributed by atoms with Crippen LogP contribution in [-0.2, 0) is 10.2 Å². The third kappa shape index (κ3) is 4.67. The van der Waals surface area contributed by atoms with E-state index in [1.807, 2.05) is 0 Å². The summed E-state index contributed by atoms with van der Waals surface area (Å²) in [5, 5.41) is 5.28. The van der Waals surface area contributed by atoms with Gasteiger partial charge in [-0.25, -0.2) is 13.2 Å². The summed E-state index contributed by atoms with van der Waals surface area (Å²) >= 11 is 0. The number of aliphatic imine (C=N–C) groups is 1. The molecule has 0 fully saturated rings. The van der Waals surface area contributed by atoms with Crippen LogP contribution in [0.25, 0.3) is 0 Å². The minimum absolute atomic E-state index is 0.0129. The van der Waals surface area contributed by atoms with E-state index >= 15 is 0 Å². The average molecular weight is 421 g/mol. The van der Waals surface area contributed by atoms with E-state index in [0.29, 0.717) is 12.2 Å². The quantitative estimate of drug-likeness (QED) is 0.487. The molecule has 30 heavy (non-hydrogen) atoms. The molecule has 2 rings (SSSR count). The van der Waals surface area contributed by atoms with E-state index in [4.69, 9.17) is 5.73 Å². The smallest absolute Gasteiger partial charge is 0.239 e. The van der Waals surface area contributed by atoms with Crippen molar-refractivity contribution in [3.05, 3.63) is 53.3 Å². The van der Waals surface area contributed by atoms with Gasteiger partial charge in [0.2, 0.25) is 5.91 Å². The number of guanidine groups is 1. The van der Waals surface area contributed by atoms with Crippen LogP contribution in [0.1, 0.15) is 26.3 Å². The molecule has 0 spiro atoms. The minimum atomic E-state index is -1.30. The molecule has 0 bridgehead atoms. The van der Waals surface area contributed by atoms with E-state index in [9.17, 15) is 18.0 Å². The molecule has 0 aliphatic carbocycles. The number of nitrogens with zero attached hydrogens (tertiary/aromatic N) is 2. The van der Waals surface area contributed by atoms with Gasteiger partial charge in [-0.05, 0) is 39.0 Å². The zero-order valence-corrected chi connectivity index (χ0v) is 17.6. The lowest BCUT2D eigenvalue weighted by Crippen LogP contribution is -2.47. The fourth-order valence-corrected chi connectivity index (χ4v) is 2.98. The molecule has 4 N–H and O–H groups in total. The highest BCUT2D eigenvalue weighted by Gasteiger charge is 2.36. The first kappa shape index (κ1) is 23.1. The summed E-state index contributed by atoms with van der Waals surface area (Å²) in [4.78, 5) is 18.1. The molecule has 0 saturated carbocycles. The van der Waals surface area contributed by atoms with E-state index in [0.717, 1.165) is 23.1 Å². The topological polar surface area (TPSA) is 82.8 Å². The summed E-state index contributed by atoms with van der Waals surface area (Å²) in [6.45, 7) is 5.27. The molecule has 0 radical (unpaired) electrons. The third-order valence-corrected chi connectivity index (χ3v) is 4.75. The average Bonchev–Trinajstić information content (AvgIpc) is 2.70. The van der Waals surface area contributed by atoms with Crippen LogP contribution in [-0.4, -0.2) is 37.4 Å². The first-order chi connectivity index (χ1) is 14.0. The molecule has 0 atom stereocenters. The molecule has 9 heteroatoms. The van der Waals surface area contributed by atoms with Gasteiger partial charge in [0, 0.05) is 44.0 Å². The molecule has 162 valence electrons. The van der Waals surface area contributed by atoms with E-state index in [1.54, 1.807) is 20.8 Å². The van der Waals surface area contributed by atoms with E-state index in [2.05, 4.69) is 15.6 Å². The zero-order valence-electron chi connectivity index (χ0n) is 17.6. The molecule has 0 unspecified atom stereocenters. The van der Waals surface area contributed by atoms with Crippen LogP contribution in [0.2, 0.25) is 0 Å². The number of nitrogens with two attached hydrogens (primary N) is 1. The molecule has 0 aliphatic heterocycles. The Labute approximate surface area is 174 Å². The lowest BCUT2D eigenvalue weighted by Gasteiger charge is -2.30. The number of halogens is 3. The van der Waals surface area contributed by atoms with Gasteiger partial charge in [-0.15, -0.1) is 0 Å².